The third-order valence-electron chi connectivity index (χ3n) is 6.17. The highest BCUT2D eigenvalue weighted by atomic mass is 16.5. The molecule has 0 unspecified atom stereocenters. The molecule has 148 valence electrons. The zero-order valence-corrected chi connectivity index (χ0v) is 16.3. The zero-order valence-electron chi connectivity index (χ0n) is 16.3. The van der Waals surface area contributed by atoms with Gasteiger partial charge in [0.15, 0.2) is 0 Å². The molecule has 2 aliphatic heterocycles. The minimum absolute atomic E-state index is 0.0856. The van der Waals surface area contributed by atoms with Gasteiger partial charge in [-0.05, 0) is 32.3 Å². The molecule has 1 aromatic rings. The second-order valence-corrected chi connectivity index (χ2v) is 8.09. The van der Waals surface area contributed by atoms with Crippen LogP contribution in [0.1, 0.15) is 55.8 Å². The molecule has 4 rings (SSSR count). The Balaban J connectivity index is 1.35. The van der Waals surface area contributed by atoms with Crippen molar-refractivity contribution in [2.24, 2.45) is 0 Å². The quantitative estimate of drug-likeness (QED) is 0.812. The summed E-state index contributed by atoms with van der Waals surface area (Å²) in [5.74, 6) is 0.682. The van der Waals surface area contributed by atoms with Gasteiger partial charge >= 0.3 is 0 Å². The van der Waals surface area contributed by atoms with E-state index in [0.29, 0.717) is 17.5 Å². The number of amides is 1. The lowest BCUT2D eigenvalue weighted by atomic mass is 9.90. The molecule has 1 atom stereocenters. The smallest absolute Gasteiger partial charge is 0.255 e. The average Bonchev–Trinajstić information content (AvgIpc) is 2.83. The molecule has 6 nitrogen and oxygen atoms in total. The molecule has 1 amide bonds. The first-order chi connectivity index (χ1) is 13.2. The fourth-order valence-corrected chi connectivity index (χ4v) is 4.35. The number of rotatable bonds is 4. The van der Waals surface area contributed by atoms with Crippen LogP contribution in [-0.2, 0) is 4.74 Å². The Kier molecular flexibility index (Phi) is 5.93. The Morgan fingerprint density at radius 3 is 2.63 bits per heavy atom. The van der Waals surface area contributed by atoms with Crippen LogP contribution < -0.4 is 4.74 Å². The van der Waals surface area contributed by atoms with Crippen molar-refractivity contribution >= 4 is 5.91 Å². The maximum absolute atomic E-state index is 13.0. The molecule has 6 heteroatoms. The van der Waals surface area contributed by atoms with Crippen LogP contribution in [0.2, 0.25) is 0 Å². The van der Waals surface area contributed by atoms with E-state index in [2.05, 4.69) is 16.8 Å². The van der Waals surface area contributed by atoms with E-state index in [1.165, 1.54) is 19.3 Å². The number of carbonyl (C=O) groups excluding carboxylic acids is 1. The van der Waals surface area contributed by atoms with E-state index in [4.69, 9.17) is 9.47 Å². The van der Waals surface area contributed by atoms with Crippen molar-refractivity contribution in [2.45, 2.75) is 63.6 Å². The summed E-state index contributed by atoms with van der Waals surface area (Å²) >= 11 is 0. The van der Waals surface area contributed by atoms with Crippen LogP contribution in [0.4, 0.5) is 0 Å². The molecule has 0 bridgehead atoms. The van der Waals surface area contributed by atoms with Gasteiger partial charge in [-0.2, -0.15) is 0 Å². The molecule has 3 aliphatic rings. The van der Waals surface area contributed by atoms with Crippen molar-refractivity contribution in [1.82, 2.24) is 14.8 Å². The topological polar surface area (TPSA) is 54.9 Å². The van der Waals surface area contributed by atoms with Crippen LogP contribution >= 0.6 is 0 Å². The molecule has 0 aromatic carbocycles. The highest BCUT2D eigenvalue weighted by molar-refractivity contribution is 5.94. The van der Waals surface area contributed by atoms with Crippen molar-refractivity contribution in [3.8, 4) is 5.88 Å². The lowest BCUT2D eigenvalue weighted by molar-refractivity contribution is 0.0237. The first-order valence-electron chi connectivity index (χ1n) is 10.5. The van der Waals surface area contributed by atoms with Crippen LogP contribution in [0.15, 0.2) is 18.3 Å². The number of carbonyl (C=O) groups is 1. The molecule has 27 heavy (non-hydrogen) atoms. The van der Waals surface area contributed by atoms with Gasteiger partial charge in [0, 0.05) is 56.8 Å². The number of aromatic nitrogens is 1. The highest BCUT2D eigenvalue weighted by Gasteiger charge is 2.32. The van der Waals surface area contributed by atoms with E-state index in [-0.39, 0.29) is 12.0 Å². The van der Waals surface area contributed by atoms with E-state index in [1.54, 1.807) is 6.20 Å². The van der Waals surface area contributed by atoms with Crippen molar-refractivity contribution < 1.29 is 14.3 Å². The molecular weight excluding hydrogens is 342 g/mol. The lowest BCUT2D eigenvalue weighted by Gasteiger charge is -2.40. The van der Waals surface area contributed by atoms with E-state index >= 15 is 0 Å². The van der Waals surface area contributed by atoms with Crippen LogP contribution in [0.5, 0.6) is 5.88 Å². The van der Waals surface area contributed by atoms with E-state index < -0.39 is 0 Å². The summed E-state index contributed by atoms with van der Waals surface area (Å²) in [6, 6.07) is 4.83. The van der Waals surface area contributed by atoms with Crippen LogP contribution in [-0.4, -0.2) is 71.7 Å². The van der Waals surface area contributed by atoms with Gasteiger partial charge in [-0.3, -0.25) is 9.69 Å². The summed E-state index contributed by atoms with van der Waals surface area (Å²) in [7, 11) is 0. The number of hydrogen-bond acceptors (Lipinski definition) is 5. The zero-order chi connectivity index (χ0) is 18.6. The Morgan fingerprint density at radius 2 is 1.96 bits per heavy atom. The van der Waals surface area contributed by atoms with Crippen molar-refractivity contribution in [1.29, 1.82) is 0 Å². The predicted molar refractivity (Wildman–Crippen MR) is 103 cm³/mol. The molecule has 1 aromatic heterocycles. The van der Waals surface area contributed by atoms with E-state index in [0.717, 1.165) is 58.2 Å². The summed E-state index contributed by atoms with van der Waals surface area (Å²) in [5.41, 5.74) is 0.652. The van der Waals surface area contributed by atoms with Crippen molar-refractivity contribution in [2.75, 3.05) is 32.8 Å². The summed E-state index contributed by atoms with van der Waals surface area (Å²) in [4.78, 5) is 22.0. The molecule has 0 N–H and O–H groups in total. The van der Waals surface area contributed by atoms with Gasteiger partial charge in [-0.15, -0.1) is 0 Å². The first kappa shape index (κ1) is 18.7. The van der Waals surface area contributed by atoms with Gasteiger partial charge in [0.1, 0.15) is 6.10 Å². The SMILES string of the molecule is C[C@@H]1CN(C(=O)c2ccc(OC3CCOCC3)nc2)CCCN1C1CCC1. The van der Waals surface area contributed by atoms with Crippen molar-refractivity contribution in [3.05, 3.63) is 23.9 Å². The lowest BCUT2D eigenvalue weighted by Crippen LogP contribution is -2.48. The van der Waals surface area contributed by atoms with Crippen LogP contribution in [0.3, 0.4) is 0 Å². The Morgan fingerprint density at radius 1 is 1.15 bits per heavy atom. The second-order valence-electron chi connectivity index (χ2n) is 8.09. The molecule has 1 saturated carbocycles. The first-order valence-corrected chi connectivity index (χ1v) is 10.5. The average molecular weight is 373 g/mol. The number of ether oxygens (including phenoxy) is 2. The fraction of sp³-hybridized carbons (Fsp3) is 0.714. The predicted octanol–water partition coefficient (Wildman–Crippen LogP) is 2.73. The second kappa shape index (κ2) is 8.57. The Hall–Kier alpha value is -1.66. The van der Waals surface area contributed by atoms with E-state index in [1.807, 2.05) is 17.0 Å². The van der Waals surface area contributed by atoms with Gasteiger partial charge in [0.05, 0.1) is 18.8 Å². The maximum atomic E-state index is 13.0. The highest BCUT2D eigenvalue weighted by Crippen LogP contribution is 2.28. The normalized spacial score (nSPS) is 25.7. The summed E-state index contributed by atoms with van der Waals surface area (Å²) in [6.07, 6.45) is 8.65. The largest absolute Gasteiger partial charge is 0.474 e. The minimum atomic E-state index is 0.0856. The van der Waals surface area contributed by atoms with Gasteiger partial charge in [-0.1, -0.05) is 6.42 Å². The summed E-state index contributed by atoms with van der Waals surface area (Å²) in [5, 5.41) is 0. The van der Waals surface area contributed by atoms with Gasteiger partial charge in [0.2, 0.25) is 5.88 Å². The Bertz CT molecular complexity index is 626. The maximum Gasteiger partial charge on any atom is 0.255 e. The van der Waals surface area contributed by atoms with Gasteiger partial charge in [-0.25, -0.2) is 4.98 Å². The third-order valence-corrected chi connectivity index (χ3v) is 6.17. The van der Waals surface area contributed by atoms with Crippen LogP contribution in [0, 0.1) is 0 Å². The molecular formula is C21H31N3O3. The number of pyridine rings is 1. The minimum Gasteiger partial charge on any atom is -0.474 e. The molecule has 3 heterocycles. The summed E-state index contributed by atoms with van der Waals surface area (Å²) in [6.45, 7) is 6.47. The monoisotopic (exact) mass is 373 g/mol. The van der Waals surface area contributed by atoms with Gasteiger partial charge in [0.25, 0.3) is 5.91 Å². The third kappa shape index (κ3) is 4.43. The van der Waals surface area contributed by atoms with Crippen molar-refractivity contribution in [3.63, 3.8) is 0 Å². The number of nitrogens with zero attached hydrogens (tertiary/aromatic N) is 3. The Labute approximate surface area is 161 Å². The molecule has 0 radical (unpaired) electrons. The summed E-state index contributed by atoms with van der Waals surface area (Å²) < 4.78 is 11.3. The number of hydrogen-bond donors (Lipinski definition) is 0. The van der Waals surface area contributed by atoms with Crippen LogP contribution in [0.25, 0.3) is 0 Å². The van der Waals surface area contributed by atoms with Gasteiger partial charge < -0.3 is 14.4 Å². The fourth-order valence-electron chi connectivity index (χ4n) is 4.35. The molecule has 2 saturated heterocycles. The standard InChI is InChI=1S/C21H31N3O3/c1-16-15-23(10-3-11-24(16)18-4-2-5-18)21(25)17-6-7-20(22-14-17)27-19-8-12-26-13-9-19/h6-7,14,16,18-19H,2-5,8-13,15H2,1H3/t16-/m1/s1. The molecule has 1 aliphatic carbocycles. The molecule has 0 spiro atoms. The van der Waals surface area contributed by atoms with E-state index in [9.17, 15) is 4.79 Å². The molecule has 3 fully saturated rings.